The Bertz CT molecular complexity index is 619. The minimum Gasteiger partial charge on any atom is -0.497 e. The van der Waals surface area contributed by atoms with E-state index in [0.717, 1.165) is 10.0 Å². The van der Waals surface area contributed by atoms with Crippen molar-refractivity contribution >= 4 is 15.9 Å². The van der Waals surface area contributed by atoms with E-state index >= 15 is 0 Å². The van der Waals surface area contributed by atoms with Gasteiger partial charge in [-0.25, -0.2) is 4.39 Å². The van der Waals surface area contributed by atoms with Crippen LogP contribution in [0.4, 0.5) is 4.39 Å². The molecule has 0 unspecified atom stereocenters. The van der Waals surface area contributed by atoms with E-state index in [1.807, 2.05) is 18.2 Å². The maximum Gasteiger partial charge on any atom is 0.137 e. The van der Waals surface area contributed by atoms with Crippen LogP contribution in [0.1, 0.15) is 11.1 Å². The monoisotopic (exact) mass is 353 g/mol. The van der Waals surface area contributed by atoms with Crippen LogP contribution >= 0.6 is 15.9 Å². The minimum atomic E-state index is -0.346. The maximum atomic E-state index is 13.9. The molecule has 5 heteroatoms. The summed E-state index contributed by atoms with van der Waals surface area (Å²) in [4.78, 5) is 0. The first kappa shape index (κ1) is 15.8. The first-order valence-corrected chi connectivity index (χ1v) is 7.37. The number of hydrogen-bond acceptors (Lipinski definition) is 3. The van der Waals surface area contributed by atoms with Crippen molar-refractivity contribution < 1.29 is 13.9 Å². The molecule has 0 aliphatic carbocycles. The van der Waals surface area contributed by atoms with Crippen LogP contribution < -0.4 is 15.2 Å². The molecular formula is C16H17BrFNO2. The van der Waals surface area contributed by atoms with E-state index in [-0.39, 0.29) is 12.4 Å². The van der Waals surface area contributed by atoms with Crippen LogP contribution in [0.5, 0.6) is 11.5 Å². The van der Waals surface area contributed by atoms with Gasteiger partial charge in [-0.1, -0.05) is 12.1 Å². The molecule has 0 spiro atoms. The molecule has 0 bridgehead atoms. The fraction of sp³-hybridized carbons (Fsp3) is 0.250. The molecule has 0 fully saturated rings. The number of hydrogen-bond donors (Lipinski definition) is 1. The quantitative estimate of drug-likeness (QED) is 0.861. The van der Waals surface area contributed by atoms with Crippen molar-refractivity contribution in [3.8, 4) is 11.5 Å². The summed E-state index contributed by atoms with van der Waals surface area (Å²) in [7, 11) is 1.51. The van der Waals surface area contributed by atoms with Gasteiger partial charge in [-0.05, 0) is 52.7 Å². The standard InChI is InChI=1S/C16H17BrFNO2/c1-20-13-6-5-12(15(18)9-13)10-21-16-11(7-8-19)3-2-4-14(16)17/h2-6,9H,7-8,10,19H2,1H3. The highest BCUT2D eigenvalue weighted by Crippen LogP contribution is 2.30. The molecule has 2 N–H and O–H groups in total. The van der Waals surface area contributed by atoms with E-state index in [2.05, 4.69) is 15.9 Å². The summed E-state index contributed by atoms with van der Waals surface area (Å²) in [5.74, 6) is 0.848. The van der Waals surface area contributed by atoms with Gasteiger partial charge < -0.3 is 15.2 Å². The van der Waals surface area contributed by atoms with Gasteiger partial charge in [0.25, 0.3) is 0 Å². The lowest BCUT2D eigenvalue weighted by Crippen LogP contribution is -2.06. The normalized spacial score (nSPS) is 10.5. The zero-order valence-corrected chi connectivity index (χ0v) is 13.3. The molecule has 0 radical (unpaired) electrons. The van der Waals surface area contributed by atoms with Crippen molar-refractivity contribution in [1.82, 2.24) is 0 Å². The summed E-state index contributed by atoms with van der Waals surface area (Å²) in [5.41, 5.74) is 7.08. The Morgan fingerprint density at radius 2 is 2.00 bits per heavy atom. The highest BCUT2D eigenvalue weighted by Gasteiger charge is 2.10. The maximum absolute atomic E-state index is 13.9. The van der Waals surface area contributed by atoms with Crippen molar-refractivity contribution in [3.05, 3.63) is 57.8 Å². The summed E-state index contributed by atoms with van der Waals surface area (Å²) >= 11 is 3.45. The van der Waals surface area contributed by atoms with Crippen molar-refractivity contribution in [2.75, 3.05) is 13.7 Å². The zero-order valence-electron chi connectivity index (χ0n) is 11.7. The molecule has 0 saturated heterocycles. The van der Waals surface area contributed by atoms with Crippen LogP contribution in [0.2, 0.25) is 0 Å². The van der Waals surface area contributed by atoms with E-state index in [4.69, 9.17) is 15.2 Å². The van der Waals surface area contributed by atoms with Crippen LogP contribution in [0.15, 0.2) is 40.9 Å². The third-order valence-corrected chi connectivity index (χ3v) is 3.72. The van der Waals surface area contributed by atoms with Gasteiger partial charge in [0.15, 0.2) is 0 Å². The number of rotatable bonds is 6. The average molecular weight is 354 g/mol. The van der Waals surface area contributed by atoms with Crippen LogP contribution in [-0.4, -0.2) is 13.7 Å². The van der Waals surface area contributed by atoms with Gasteiger partial charge in [0.1, 0.15) is 23.9 Å². The number of nitrogens with two attached hydrogens (primary N) is 1. The average Bonchev–Trinajstić information content (AvgIpc) is 2.48. The van der Waals surface area contributed by atoms with Crippen molar-refractivity contribution in [2.45, 2.75) is 13.0 Å². The Morgan fingerprint density at radius 1 is 1.19 bits per heavy atom. The lowest BCUT2D eigenvalue weighted by atomic mass is 10.1. The number of para-hydroxylation sites is 1. The predicted molar refractivity (Wildman–Crippen MR) is 84.2 cm³/mol. The Labute approximate surface area is 132 Å². The summed E-state index contributed by atoms with van der Waals surface area (Å²) in [6.45, 7) is 0.680. The lowest BCUT2D eigenvalue weighted by Gasteiger charge is -2.13. The second-order valence-corrected chi connectivity index (χ2v) is 5.37. The van der Waals surface area contributed by atoms with E-state index in [1.165, 1.54) is 13.2 Å². The molecule has 112 valence electrons. The Balaban J connectivity index is 2.16. The molecule has 3 nitrogen and oxygen atoms in total. The smallest absolute Gasteiger partial charge is 0.137 e. The third-order valence-electron chi connectivity index (χ3n) is 3.09. The zero-order chi connectivity index (χ0) is 15.2. The van der Waals surface area contributed by atoms with E-state index in [1.54, 1.807) is 12.1 Å². The SMILES string of the molecule is COc1ccc(COc2c(Br)cccc2CCN)c(F)c1. The van der Waals surface area contributed by atoms with Gasteiger partial charge in [-0.15, -0.1) is 0 Å². The molecule has 2 aromatic carbocycles. The van der Waals surface area contributed by atoms with Crippen LogP contribution in [-0.2, 0) is 13.0 Å². The fourth-order valence-corrected chi connectivity index (χ4v) is 2.51. The highest BCUT2D eigenvalue weighted by molar-refractivity contribution is 9.10. The number of benzene rings is 2. The van der Waals surface area contributed by atoms with Crippen LogP contribution in [0.3, 0.4) is 0 Å². The van der Waals surface area contributed by atoms with Gasteiger partial charge >= 0.3 is 0 Å². The van der Waals surface area contributed by atoms with Gasteiger partial charge in [0.05, 0.1) is 11.6 Å². The predicted octanol–water partition coefficient (Wildman–Crippen LogP) is 3.68. The van der Waals surface area contributed by atoms with E-state index in [9.17, 15) is 4.39 Å². The number of methoxy groups -OCH3 is 1. The molecule has 0 atom stereocenters. The van der Waals surface area contributed by atoms with Crippen LogP contribution in [0.25, 0.3) is 0 Å². The minimum absolute atomic E-state index is 0.149. The highest BCUT2D eigenvalue weighted by atomic mass is 79.9. The second-order valence-electron chi connectivity index (χ2n) is 4.51. The van der Waals surface area contributed by atoms with Gasteiger partial charge in [0.2, 0.25) is 0 Å². The van der Waals surface area contributed by atoms with E-state index < -0.39 is 0 Å². The molecule has 0 saturated carbocycles. The molecule has 0 aliphatic heterocycles. The molecule has 2 aromatic rings. The lowest BCUT2D eigenvalue weighted by molar-refractivity contribution is 0.294. The number of halogens is 2. The van der Waals surface area contributed by atoms with Crippen molar-refractivity contribution in [3.63, 3.8) is 0 Å². The Hall–Kier alpha value is -1.59. The van der Waals surface area contributed by atoms with Crippen molar-refractivity contribution in [2.24, 2.45) is 5.73 Å². The summed E-state index contributed by atoms with van der Waals surface area (Å²) in [5, 5.41) is 0. The molecule has 0 heterocycles. The molecule has 0 amide bonds. The first-order chi connectivity index (χ1) is 10.2. The van der Waals surface area contributed by atoms with Gasteiger partial charge in [0, 0.05) is 11.6 Å². The third kappa shape index (κ3) is 3.95. The number of ether oxygens (including phenoxy) is 2. The summed E-state index contributed by atoms with van der Waals surface area (Å²) in [6, 6.07) is 10.5. The largest absolute Gasteiger partial charge is 0.497 e. The molecular weight excluding hydrogens is 337 g/mol. The fourth-order valence-electron chi connectivity index (χ4n) is 1.99. The topological polar surface area (TPSA) is 44.5 Å². The Morgan fingerprint density at radius 3 is 2.67 bits per heavy atom. The summed E-state index contributed by atoms with van der Waals surface area (Å²) in [6.07, 6.45) is 0.708. The van der Waals surface area contributed by atoms with Crippen molar-refractivity contribution in [1.29, 1.82) is 0 Å². The Kier molecular flexibility index (Phi) is 5.59. The molecule has 2 rings (SSSR count). The van der Waals surface area contributed by atoms with E-state index in [0.29, 0.717) is 30.0 Å². The van der Waals surface area contributed by atoms with Gasteiger partial charge in [-0.2, -0.15) is 0 Å². The molecule has 0 aliphatic rings. The molecule has 0 aromatic heterocycles. The van der Waals surface area contributed by atoms with Crippen LogP contribution in [0, 0.1) is 5.82 Å². The summed E-state index contributed by atoms with van der Waals surface area (Å²) < 4.78 is 25.5. The first-order valence-electron chi connectivity index (χ1n) is 6.58. The van der Waals surface area contributed by atoms with Gasteiger partial charge in [-0.3, -0.25) is 0 Å². The molecule has 21 heavy (non-hydrogen) atoms. The second kappa shape index (κ2) is 7.43.